The molecule has 0 aliphatic heterocycles. The Labute approximate surface area is 109 Å². The van der Waals surface area contributed by atoms with Crippen molar-refractivity contribution in [1.82, 2.24) is 30.4 Å². The first-order valence-corrected chi connectivity index (χ1v) is 5.94. The van der Waals surface area contributed by atoms with Crippen molar-refractivity contribution in [2.45, 2.75) is 13.5 Å². The SMILES string of the molecule is CCn1cc(-c2ccc(N)cc2-c2nnn[nH]2)cn1. The Hall–Kier alpha value is -2.70. The molecule has 0 fully saturated rings. The van der Waals surface area contributed by atoms with Gasteiger partial charge in [-0.3, -0.25) is 4.68 Å². The van der Waals surface area contributed by atoms with E-state index in [0.29, 0.717) is 11.5 Å². The second-order valence-electron chi connectivity index (χ2n) is 4.14. The molecule has 0 amide bonds. The van der Waals surface area contributed by atoms with Gasteiger partial charge < -0.3 is 5.73 Å². The quantitative estimate of drug-likeness (QED) is 0.688. The second kappa shape index (κ2) is 4.52. The van der Waals surface area contributed by atoms with E-state index < -0.39 is 0 Å². The maximum absolute atomic E-state index is 5.84. The molecule has 0 radical (unpaired) electrons. The van der Waals surface area contributed by atoms with Crippen molar-refractivity contribution in [3.8, 4) is 22.5 Å². The van der Waals surface area contributed by atoms with E-state index in [1.165, 1.54) is 0 Å². The van der Waals surface area contributed by atoms with Crippen molar-refractivity contribution in [3.05, 3.63) is 30.6 Å². The van der Waals surface area contributed by atoms with Crippen LogP contribution in [0.1, 0.15) is 6.92 Å². The van der Waals surface area contributed by atoms with E-state index in [2.05, 4.69) is 25.7 Å². The summed E-state index contributed by atoms with van der Waals surface area (Å²) >= 11 is 0. The van der Waals surface area contributed by atoms with E-state index >= 15 is 0 Å². The summed E-state index contributed by atoms with van der Waals surface area (Å²) in [5, 5.41) is 18.2. The summed E-state index contributed by atoms with van der Waals surface area (Å²) in [6.07, 6.45) is 3.81. The molecule has 0 aliphatic rings. The molecule has 7 nitrogen and oxygen atoms in total. The Morgan fingerprint density at radius 2 is 2.21 bits per heavy atom. The molecule has 0 atom stereocenters. The lowest BCUT2D eigenvalue weighted by atomic mass is 10.0. The van der Waals surface area contributed by atoms with Crippen LogP contribution in [0.25, 0.3) is 22.5 Å². The number of nitrogens with two attached hydrogens (primary N) is 1. The predicted molar refractivity (Wildman–Crippen MR) is 70.9 cm³/mol. The number of nitrogen functional groups attached to an aromatic ring is 1. The molecule has 0 bridgehead atoms. The molecule has 0 spiro atoms. The van der Waals surface area contributed by atoms with Crippen LogP contribution in [-0.4, -0.2) is 30.4 Å². The third-order valence-electron chi connectivity index (χ3n) is 2.91. The predicted octanol–water partition coefficient (Wildman–Crippen LogP) is 1.33. The van der Waals surface area contributed by atoms with Crippen LogP contribution in [0.4, 0.5) is 5.69 Å². The molecule has 3 aromatic rings. The summed E-state index contributed by atoms with van der Waals surface area (Å²) in [6, 6.07) is 5.65. The van der Waals surface area contributed by atoms with Gasteiger partial charge in [0.25, 0.3) is 0 Å². The summed E-state index contributed by atoms with van der Waals surface area (Å²) in [6.45, 7) is 2.87. The van der Waals surface area contributed by atoms with Crippen molar-refractivity contribution in [3.63, 3.8) is 0 Å². The van der Waals surface area contributed by atoms with Gasteiger partial charge >= 0.3 is 0 Å². The number of rotatable bonds is 3. The Balaban J connectivity index is 2.15. The van der Waals surface area contributed by atoms with Gasteiger partial charge in [-0.25, -0.2) is 5.10 Å². The second-order valence-corrected chi connectivity index (χ2v) is 4.14. The van der Waals surface area contributed by atoms with Gasteiger partial charge in [0.15, 0.2) is 5.82 Å². The van der Waals surface area contributed by atoms with E-state index in [0.717, 1.165) is 23.2 Å². The maximum Gasteiger partial charge on any atom is 0.180 e. The van der Waals surface area contributed by atoms with Gasteiger partial charge in [0, 0.05) is 29.6 Å². The van der Waals surface area contributed by atoms with Crippen LogP contribution in [0.3, 0.4) is 0 Å². The zero-order valence-electron chi connectivity index (χ0n) is 10.4. The lowest BCUT2D eigenvalue weighted by molar-refractivity contribution is 0.660. The number of nitrogens with one attached hydrogen (secondary N) is 1. The van der Waals surface area contributed by atoms with E-state index in [1.807, 2.05) is 42.2 Å². The highest BCUT2D eigenvalue weighted by atomic mass is 15.5. The Morgan fingerprint density at radius 1 is 1.32 bits per heavy atom. The third-order valence-corrected chi connectivity index (χ3v) is 2.91. The van der Waals surface area contributed by atoms with Crippen LogP contribution in [0.15, 0.2) is 30.6 Å². The normalized spacial score (nSPS) is 10.8. The lowest BCUT2D eigenvalue weighted by Crippen LogP contribution is -1.93. The third kappa shape index (κ3) is 2.05. The van der Waals surface area contributed by atoms with Gasteiger partial charge in [-0.05, 0) is 35.0 Å². The number of nitrogens with zero attached hydrogens (tertiary/aromatic N) is 5. The smallest absolute Gasteiger partial charge is 0.180 e. The number of tetrazole rings is 1. The van der Waals surface area contributed by atoms with Crippen LogP contribution in [-0.2, 0) is 6.54 Å². The molecule has 0 saturated carbocycles. The summed E-state index contributed by atoms with van der Waals surface area (Å²) in [7, 11) is 0. The van der Waals surface area contributed by atoms with Crippen LogP contribution in [0, 0.1) is 0 Å². The fraction of sp³-hybridized carbons (Fsp3) is 0.167. The number of hydrogen-bond acceptors (Lipinski definition) is 5. The van der Waals surface area contributed by atoms with E-state index in [4.69, 9.17) is 5.73 Å². The molecular weight excluding hydrogens is 242 g/mol. The molecule has 19 heavy (non-hydrogen) atoms. The van der Waals surface area contributed by atoms with Gasteiger partial charge in [0.05, 0.1) is 6.20 Å². The Bertz CT molecular complexity index is 684. The Morgan fingerprint density at radius 3 is 2.89 bits per heavy atom. The van der Waals surface area contributed by atoms with Crippen LogP contribution >= 0.6 is 0 Å². The number of anilines is 1. The summed E-state index contributed by atoms with van der Waals surface area (Å²) in [5.41, 5.74) is 9.37. The van der Waals surface area contributed by atoms with E-state index in [1.54, 1.807) is 0 Å². The Kier molecular flexibility index (Phi) is 2.71. The molecule has 0 saturated heterocycles. The largest absolute Gasteiger partial charge is 0.399 e. The first kappa shape index (κ1) is 11.4. The van der Waals surface area contributed by atoms with Gasteiger partial charge in [-0.2, -0.15) is 5.10 Å². The molecule has 96 valence electrons. The van der Waals surface area contributed by atoms with Crippen molar-refractivity contribution in [1.29, 1.82) is 0 Å². The van der Waals surface area contributed by atoms with Gasteiger partial charge in [-0.1, -0.05) is 6.07 Å². The molecule has 3 rings (SSSR count). The molecule has 0 unspecified atom stereocenters. The number of H-pyrrole nitrogens is 1. The van der Waals surface area contributed by atoms with Crippen molar-refractivity contribution >= 4 is 5.69 Å². The molecule has 0 aliphatic carbocycles. The van der Waals surface area contributed by atoms with Gasteiger partial charge in [0.1, 0.15) is 0 Å². The van der Waals surface area contributed by atoms with Crippen LogP contribution in [0.5, 0.6) is 0 Å². The zero-order chi connectivity index (χ0) is 13.2. The number of benzene rings is 1. The standard InChI is InChI=1S/C12H13N7/c1-2-19-7-8(6-14-19)10-4-3-9(13)5-11(10)12-15-17-18-16-12/h3-7H,2,13H2,1H3,(H,15,16,17,18). The minimum atomic E-state index is 0.589. The average molecular weight is 255 g/mol. The molecule has 7 heteroatoms. The first-order chi connectivity index (χ1) is 9.28. The van der Waals surface area contributed by atoms with E-state index in [9.17, 15) is 0 Å². The number of aromatic amines is 1. The van der Waals surface area contributed by atoms with Crippen LogP contribution in [0.2, 0.25) is 0 Å². The molecule has 2 heterocycles. The minimum Gasteiger partial charge on any atom is -0.399 e. The zero-order valence-corrected chi connectivity index (χ0v) is 10.4. The van der Waals surface area contributed by atoms with Crippen molar-refractivity contribution in [2.24, 2.45) is 0 Å². The number of aryl methyl sites for hydroxylation is 1. The first-order valence-electron chi connectivity index (χ1n) is 5.94. The topological polar surface area (TPSA) is 98.3 Å². The maximum atomic E-state index is 5.84. The van der Waals surface area contributed by atoms with Crippen molar-refractivity contribution < 1.29 is 0 Å². The summed E-state index contributed by atoms with van der Waals surface area (Å²) in [4.78, 5) is 0. The van der Waals surface area contributed by atoms with Gasteiger partial charge in [0.2, 0.25) is 0 Å². The highest BCUT2D eigenvalue weighted by Gasteiger charge is 2.12. The molecule has 1 aromatic carbocycles. The molecular formula is C12H13N7. The number of aromatic nitrogens is 6. The van der Waals surface area contributed by atoms with Crippen LogP contribution < -0.4 is 5.73 Å². The molecule has 3 N–H and O–H groups in total. The fourth-order valence-corrected chi connectivity index (χ4v) is 1.96. The van der Waals surface area contributed by atoms with Gasteiger partial charge in [-0.15, -0.1) is 5.10 Å². The lowest BCUT2D eigenvalue weighted by Gasteiger charge is -2.05. The minimum absolute atomic E-state index is 0.589. The highest BCUT2D eigenvalue weighted by molar-refractivity contribution is 5.82. The average Bonchev–Trinajstić information content (AvgIpc) is 3.10. The highest BCUT2D eigenvalue weighted by Crippen LogP contribution is 2.31. The molecule has 2 aromatic heterocycles. The summed E-state index contributed by atoms with van der Waals surface area (Å²) < 4.78 is 1.87. The van der Waals surface area contributed by atoms with E-state index in [-0.39, 0.29) is 0 Å². The number of hydrogen-bond donors (Lipinski definition) is 2. The monoisotopic (exact) mass is 255 g/mol. The summed E-state index contributed by atoms with van der Waals surface area (Å²) in [5.74, 6) is 0.589. The fourth-order valence-electron chi connectivity index (χ4n) is 1.96. The van der Waals surface area contributed by atoms with Crippen molar-refractivity contribution in [2.75, 3.05) is 5.73 Å².